The summed E-state index contributed by atoms with van der Waals surface area (Å²) in [7, 11) is 0. The molecule has 0 saturated carbocycles. The quantitative estimate of drug-likeness (QED) is 0.730. The van der Waals surface area contributed by atoms with Crippen LogP contribution in [0.2, 0.25) is 0 Å². The molecule has 0 saturated heterocycles. The number of pyridine rings is 1. The lowest BCUT2D eigenvalue weighted by atomic mass is 10.4. The number of thioether (sulfide) groups is 1. The second-order valence-electron chi connectivity index (χ2n) is 5.54. The van der Waals surface area contributed by atoms with E-state index in [0.29, 0.717) is 5.82 Å². The van der Waals surface area contributed by atoms with Gasteiger partial charge >= 0.3 is 0 Å². The van der Waals surface area contributed by atoms with Gasteiger partial charge in [0.05, 0.1) is 23.2 Å². The Balaban J connectivity index is 1.71. The fraction of sp³-hybridized carbons (Fsp3) is 0.312. The molecule has 3 rings (SSSR count). The molecule has 0 aromatic carbocycles. The highest BCUT2D eigenvalue weighted by atomic mass is 32.2. The Labute approximate surface area is 138 Å². The van der Waals surface area contributed by atoms with E-state index in [1.165, 1.54) is 11.8 Å². The molecule has 6 nitrogen and oxygen atoms in total. The van der Waals surface area contributed by atoms with Gasteiger partial charge in [0, 0.05) is 18.3 Å². The first-order valence-corrected chi connectivity index (χ1v) is 8.37. The molecule has 0 aliphatic rings. The van der Waals surface area contributed by atoms with E-state index in [0.717, 1.165) is 10.7 Å². The summed E-state index contributed by atoms with van der Waals surface area (Å²) in [6, 6.07) is 7.90. The number of rotatable bonds is 5. The molecule has 3 aromatic heterocycles. The summed E-state index contributed by atoms with van der Waals surface area (Å²) in [6.45, 7) is 5.93. The van der Waals surface area contributed by atoms with E-state index >= 15 is 0 Å². The Kier molecular flexibility index (Phi) is 4.38. The van der Waals surface area contributed by atoms with Gasteiger partial charge in [-0.1, -0.05) is 17.8 Å². The highest BCUT2D eigenvalue weighted by Gasteiger charge is 2.19. The van der Waals surface area contributed by atoms with Crippen molar-refractivity contribution >= 4 is 29.0 Å². The van der Waals surface area contributed by atoms with Gasteiger partial charge in [0.15, 0.2) is 5.16 Å². The van der Waals surface area contributed by atoms with Crippen LogP contribution in [0.15, 0.2) is 48.0 Å². The van der Waals surface area contributed by atoms with Crippen molar-refractivity contribution in [3.05, 3.63) is 42.9 Å². The smallest absolute Gasteiger partial charge is 0.238 e. The third-order valence-electron chi connectivity index (χ3n) is 3.47. The molecule has 0 fully saturated rings. The number of amides is 1. The lowest BCUT2D eigenvalue weighted by Crippen LogP contribution is -2.24. The fourth-order valence-electron chi connectivity index (χ4n) is 2.27. The van der Waals surface area contributed by atoms with E-state index in [9.17, 15) is 4.79 Å². The minimum Gasteiger partial charge on any atom is -0.310 e. The molecule has 1 N–H and O–H groups in total. The number of imidazole rings is 1. The maximum absolute atomic E-state index is 12.4. The van der Waals surface area contributed by atoms with Gasteiger partial charge in [-0.3, -0.25) is 9.20 Å². The summed E-state index contributed by atoms with van der Waals surface area (Å²) in [5, 5.41) is 7.70. The van der Waals surface area contributed by atoms with E-state index < -0.39 is 0 Å². The standard InChI is InChI=1S/C16H19N5OS/c1-11(2)21-14(7-8-18-21)19-15(22)12(3)23-16-17-10-13-6-4-5-9-20(13)16/h4-12H,1-3H3,(H,19,22). The van der Waals surface area contributed by atoms with Crippen molar-refractivity contribution in [3.63, 3.8) is 0 Å². The molecular formula is C16H19N5OS. The van der Waals surface area contributed by atoms with Crippen molar-refractivity contribution in [1.82, 2.24) is 19.2 Å². The zero-order valence-electron chi connectivity index (χ0n) is 13.3. The Morgan fingerprint density at radius 1 is 1.26 bits per heavy atom. The second kappa shape index (κ2) is 6.45. The predicted molar refractivity (Wildman–Crippen MR) is 91.8 cm³/mol. The highest BCUT2D eigenvalue weighted by Crippen LogP contribution is 2.24. The summed E-state index contributed by atoms with van der Waals surface area (Å²) in [5.74, 6) is 0.649. The van der Waals surface area contributed by atoms with Crippen LogP contribution in [-0.2, 0) is 4.79 Å². The number of aromatic nitrogens is 4. The largest absolute Gasteiger partial charge is 0.310 e. The van der Waals surface area contributed by atoms with Crippen LogP contribution >= 0.6 is 11.8 Å². The number of anilines is 1. The molecule has 0 radical (unpaired) electrons. The van der Waals surface area contributed by atoms with Gasteiger partial charge in [0.1, 0.15) is 5.82 Å². The zero-order chi connectivity index (χ0) is 16.4. The number of hydrogen-bond acceptors (Lipinski definition) is 4. The molecule has 120 valence electrons. The minimum atomic E-state index is -0.267. The van der Waals surface area contributed by atoms with E-state index in [1.807, 2.05) is 49.6 Å². The van der Waals surface area contributed by atoms with Crippen LogP contribution in [0.3, 0.4) is 0 Å². The van der Waals surface area contributed by atoms with Crippen molar-refractivity contribution < 1.29 is 4.79 Å². The normalized spacial score (nSPS) is 12.7. The first-order valence-electron chi connectivity index (χ1n) is 7.49. The monoisotopic (exact) mass is 329 g/mol. The molecule has 0 aliphatic heterocycles. The third-order valence-corrected chi connectivity index (χ3v) is 4.55. The van der Waals surface area contributed by atoms with Crippen molar-refractivity contribution in [2.45, 2.75) is 37.2 Å². The molecule has 0 spiro atoms. The molecule has 1 amide bonds. The van der Waals surface area contributed by atoms with Gasteiger partial charge in [-0.15, -0.1) is 0 Å². The number of hydrogen-bond donors (Lipinski definition) is 1. The first kappa shape index (κ1) is 15.6. The first-order chi connectivity index (χ1) is 11.1. The van der Waals surface area contributed by atoms with Crippen LogP contribution in [0, 0.1) is 0 Å². The Hall–Kier alpha value is -2.28. The zero-order valence-corrected chi connectivity index (χ0v) is 14.1. The molecule has 0 bridgehead atoms. The minimum absolute atomic E-state index is 0.0647. The predicted octanol–water partition coefficient (Wildman–Crippen LogP) is 3.23. The van der Waals surface area contributed by atoms with E-state index in [2.05, 4.69) is 15.4 Å². The van der Waals surface area contributed by atoms with Crippen LogP contribution in [0.25, 0.3) is 5.52 Å². The number of fused-ring (bicyclic) bond motifs is 1. The average Bonchev–Trinajstić information content (AvgIpc) is 3.14. The molecule has 1 unspecified atom stereocenters. The molecule has 1 atom stereocenters. The van der Waals surface area contributed by atoms with Gasteiger partial charge < -0.3 is 5.32 Å². The Morgan fingerprint density at radius 2 is 2.09 bits per heavy atom. The SMILES string of the molecule is CC(Sc1ncc2ccccn12)C(=O)Nc1ccnn1C(C)C. The second-order valence-corrected chi connectivity index (χ2v) is 6.85. The topological polar surface area (TPSA) is 64.2 Å². The van der Waals surface area contributed by atoms with Crippen LogP contribution < -0.4 is 5.32 Å². The summed E-state index contributed by atoms with van der Waals surface area (Å²) in [4.78, 5) is 16.8. The maximum atomic E-state index is 12.4. The highest BCUT2D eigenvalue weighted by molar-refractivity contribution is 8.00. The van der Waals surface area contributed by atoms with Crippen LogP contribution in [-0.4, -0.2) is 30.3 Å². The molecule has 7 heteroatoms. The summed E-state index contributed by atoms with van der Waals surface area (Å²) < 4.78 is 3.77. The molecule has 23 heavy (non-hydrogen) atoms. The van der Waals surface area contributed by atoms with E-state index in [1.54, 1.807) is 23.1 Å². The Morgan fingerprint density at radius 3 is 2.87 bits per heavy atom. The number of nitrogens with zero attached hydrogens (tertiary/aromatic N) is 4. The molecule has 0 aliphatic carbocycles. The lowest BCUT2D eigenvalue weighted by Gasteiger charge is -2.14. The van der Waals surface area contributed by atoms with Gasteiger partial charge in [-0.2, -0.15) is 5.10 Å². The van der Waals surface area contributed by atoms with Gasteiger partial charge in [0.25, 0.3) is 0 Å². The Bertz CT molecular complexity index is 823. The van der Waals surface area contributed by atoms with E-state index in [-0.39, 0.29) is 17.2 Å². The third kappa shape index (κ3) is 3.24. The fourth-order valence-corrected chi connectivity index (χ4v) is 3.15. The van der Waals surface area contributed by atoms with Crippen LogP contribution in [0.4, 0.5) is 5.82 Å². The number of carbonyl (C=O) groups excluding carboxylic acids is 1. The molecular weight excluding hydrogens is 310 g/mol. The molecule has 3 heterocycles. The summed E-state index contributed by atoms with van der Waals surface area (Å²) in [5.41, 5.74) is 1.01. The lowest BCUT2D eigenvalue weighted by molar-refractivity contribution is -0.115. The van der Waals surface area contributed by atoms with Gasteiger partial charge in [-0.05, 0) is 32.9 Å². The summed E-state index contributed by atoms with van der Waals surface area (Å²) >= 11 is 1.43. The molecule has 3 aromatic rings. The van der Waals surface area contributed by atoms with Gasteiger partial charge in [-0.25, -0.2) is 9.67 Å². The van der Waals surface area contributed by atoms with Crippen LogP contribution in [0.1, 0.15) is 26.8 Å². The maximum Gasteiger partial charge on any atom is 0.238 e. The summed E-state index contributed by atoms with van der Waals surface area (Å²) in [6.07, 6.45) is 5.44. The van der Waals surface area contributed by atoms with Crippen molar-refractivity contribution in [1.29, 1.82) is 0 Å². The number of nitrogens with one attached hydrogen (secondary N) is 1. The number of carbonyl (C=O) groups is 1. The van der Waals surface area contributed by atoms with Crippen molar-refractivity contribution in [2.75, 3.05) is 5.32 Å². The van der Waals surface area contributed by atoms with Crippen molar-refractivity contribution in [3.8, 4) is 0 Å². The van der Waals surface area contributed by atoms with Crippen molar-refractivity contribution in [2.24, 2.45) is 0 Å². The van der Waals surface area contributed by atoms with Crippen LogP contribution in [0.5, 0.6) is 0 Å². The van der Waals surface area contributed by atoms with Gasteiger partial charge in [0.2, 0.25) is 5.91 Å². The van der Waals surface area contributed by atoms with E-state index in [4.69, 9.17) is 0 Å². The average molecular weight is 329 g/mol.